The molecule has 3 fully saturated rings. The molecule has 2 aromatic rings. The van der Waals surface area contributed by atoms with E-state index in [4.69, 9.17) is 0 Å². The van der Waals surface area contributed by atoms with Crippen LogP contribution in [0.15, 0.2) is 36.4 Å². The van der Waals surface area contributed by atoms with Crippen LogP contribution in [0.3, 0.4) is 0 Å². The van der Waals surface area contributed by atoms with E-state index in [1.54, 1.807) is 17.0 Å². The molecule has 2 aromatic carbocycles. The monoisotopic (exact) mass is 447 g/mol. The van der Waals surface area contributed by atoms with Crippen LogP contribution >= 0.6 is 0 Å². The van der Waals surface area contributed by atoms with Crippen molar-refractivity contribution in [1.82, 2.24) is 14.7 Å². The van der Waals surface area contributed by atoms with E-state index < -0.39 is 5.82 Å². The van der Waals surface area contributed by atoms with E-state index in [1.165, 1.54) is 25.3 Å². The lowest BCUT2D eigenvalue weighted by atomic mass is 9.91. The summed E-state index contributed by atoms with van der Waals surface area (Å²) in [5.41, 5.74) is 3.36. The molecule has 0 unspecified atom stereocenters. The summed E-state index contributed by atoms with van der Waals surface area (Å²) in [5.74, 6) is -0.392. The standard InChI is InChI=1S/C27H30FN3O2/c28-25-16-20(26(32)29-11-2-12-29)6-7-23(25)18-5-8-24-19(15-18)9-14-31(27(24)33)22-10-13-30(17-22)21-3-1-4-21/h5-8,15-16,21-22H,1-4,9-14,17H2/t22-/m0/s1. The van der Waals surface area contributed by atoms with Crippen LogP contribution in [0.5, 0.6) is 0 Å². The Balaban J connectivity index is 1.19. The third-order valence-corrected chi connectivity index (χ3v) is 8.12. The number of carbonyl (C=O) groups excluding carboxylic acids is 2. The molecule has 4 aliphatic rings. The second-order valence-electron chi connectivity index (χ2n) is 9.98. The molecule has 0 N–H and O–H groups in total. The number of halogens is 1. The van der Waals surface area contributed by atoms with Gasteiger partial charge in [0.2, 0.25) is 0 Å². The van der Waals surface area contributed by atoms with E-state index >= 15 is 0 Å². The summed E-state index contributed by atoms with van der Waals surface area (Å²) in [6.45, 7) is 4.32. The Labute approximate surface area is 194 Å². The molecule has 1 aliphatic carbocycles. The average Bonchev–Trinajstić information content (AvgIpc) is 3.20. The summed E-state index contributed by atoms with van der Waals surface area (Å²) >= 11 is 0. The summed E-state index contributed by atoms with van der Waals surface area (Å²) < 4.78 is 14.9. The van der Waals surface area contributed by atoms with Gasteiger partial charge in [-0.05, 0) is 61.4 Å². The van der Waals surface area contributed by atoms with Crippen molar-refractivity contribution in [1.29, 1.82) is 0 Å². The van der Waals surface area contributed by atoms with Crippen molar-refractivity contribution in [2.24, 2.45) is 0 Å². The maximum absolute atomic E-state index is 14.9. The van der Waals surface area contributed by atoms with Crippen molar-refractivity contribution >= 4 is 11.8 Å². The van der Waals surface area contributed by atoms with Gasteiger partial charge in [-0.1, -0.05) is 24.6 Å². The van der Waals surface area contributed by atoms with Crippen LogP contribution in [-0.2, 0) is 6.42 Å². The highest BCUT2D eigenvalue weighted by atomic mass is 19.1. The van der Waals surface area contributed by atoms with E-state index in [2.05, 4.69) is 9.80 Å². The molecule has 5 nitrogen and oxygen atoms in total. The van der Waals surface area contributed by atoms with Crippen LogP contribution in [0, 0.1) is 5.82 Å². The summed E-state index contributed by atoms with van der Waals surface area (Å²) in [6.07, 6.45) is 6.80. The number of hydrogen-bond acceptors (Lipinski definition) is 3. The normalized spacial score (nSPS) is 23.3. The summed E-state index contributed by atoms with van der Waals surface area (Å²) in [4.78, 5) is 32.0. The number of amides is 2. The number of fused-ring (bicyclic) bond motifs is 1. The maximum Gasteiger partial charge on any atom is 0.254 e. The molecule has 6 rings (SSSR count). The number of benzene rings is 2. The molecule has 6 heteroatoms. The SMILES string of the molecule is O=C(c1ccc(-c2ccc3c(c2)CCN([C@H]2CCN(C4CCC4)C2)C3=O)c(F)c1)N1CCC1. The first-order valence-corrected chi connectivity index (χ1v) is 12.4. The molecule has 1 saturated carbocycles. The minimum absolute atomic E-state index is 0.106. The highest BCUT2D eigenvalue weighted by molar-refractivity contribution is 5.98. The number of rotatable bonds is 4. The maximum atomic E-state index is 14.9. The molecule has 1 atom stereocenters. The molecule has 0 spiro atoms. The van der Waals surface area contributed by atoms with Crippen LogP contribution in [-0.4, -0.2) is 71.3 Å². The fourth-order valence-corrected chi connectivity index (χ4v) is 5.71. The lowest BCUT2D eigenvalue weighted by Crippen LogP contribution is -2.47. The Morgan fingerprint density at radius 3 is 2.39 bits per heavy atom. The van der Waals surface area contributed by atoms with Crippen LogP contribution in [0.4, 0.5) is 4.39 Å². The number of nitrogens with zero attached hydrogens (tertiary/aromatic N) is 3. The van der Waals surface area contributed by atoms with E-state index in [0.29, 0.717) is 17.2 Å². The van der Waals surface area contributed by atoms with E-state index in [9.17, 15) is 14.0 Å². The van der Waals surface area contributed by atoms with Crippen LogP contribution in [0.2, 0.25) is 0 Å². The third kappa shape index (κ3) is 3.65. The molecule has 2 amide bonds. The topological polar surface area (TPSA) is 43.9 Å². The van der Waals surface area contributed by atoms with E-state index in [-0.39, 0.29) is 11.8 Å². The smallest absolute Gasteiger partial charge is 0.254 e. The van der Waals surface area contributed by atoms with Gasteiger partial charge in [0.05, 0.1) is 0 Å². The third-order valence-electron chi connectivity index (χ3n) is 8.12. The lowest BCUT2D eigenvalue weighted by molar-refractivity contribution is 0.0641. The van der Waals surface area contributed by atoms with Crippen molar-refractivity contribution in [2.45, 2.75) is 50.6 Å². The Kier molecular flexibility index (Phi) is 5.21. The molecule has 0 aromatic heterocycles. The quantitative estimate of drug-likeness (QED) is 0.713. The zero-order valence-electron chi connectivity index (χ0n) is 18.9. The molecule has 3 heterocycles. The summed E-state index contributed by atoms with van der Waals surface area (Å²) in [5, 5.41) is 0. The van der Waals surface area contributed by atoms with Gasteiger partial charge in [0, 0.05) is 61.5 Å². The molecule has 0 radical (unpaired) electrons. The number of likely N-dealkylation sites (tertiary alicyclic amines) is 2. The van der Waals surface area contributed by atoms with Gasteiger partial charge in [-0.2, -0.15) is 0 Å². The van der Waals surface area contributed by atoms with E-state index in [1.807, 2.05) is 18.2 Å². The predicted molar refractivity (Wildman–Crippen MR) is 125 cm³/mol. The Morgan fingerprint density at radius 1 is 0.879 bits per heavy atom. The zero-order valence-corrected chi connectivity index (χ0v) is 18.9. The fraction of sp³-hybridized carbons (Fsp3) is 0.481. The van der Waals surface area contributed by atoms with Crippen LogP contribution in [0.25, 0.3) is 11.1 Å². The van der Waals surface area contributed by atoms with Gasteiger partial charge in [-0.15, -0.1) is 0 Å². The van der Waals surface area contributed by atoms with Gasteiger partial charge in [0.15, 0.2) is 0 Å². The summed E-state index contributed by atoms with van der Waals surface area (Å²) in [7, 11) is 0. The molecular weight excluding hydrogens is 417 g/mol. The molecule has 0 bridgehead atoms. The second-order valence-corrected chi connectivity index (χ2v) is 9.98. The Morgan fingerprint density at radius 2 is 1.70 bits per heavy atom. The first-order chi connectivity index (χ1) is 16.1. The predicted octanol–water partition coefficient (Wildman–Crippen LogP) is 3.96. The average molecular weight is 448 g/mol. The van der Waals surface area contributed by atoms with Crippen molar-refractivity contribution in [3.8, 4) is 11.1 Å². The van der Waals surface area contributed by atoms with Gasteiger partial charge >= 0.3 is 0 Å². The number of hydrogen-bond donors (Lipinski definition) is 0. The zero-order chi connectivity index (χ0) is 22.5. The molecule has 3 aliphatic heterocycles. The highest BCUT2D eigenvalue weighted by Gasteiger charge is 2.37. The first kappa shape index (κ1) is 20.8. The summed E-state index contributed by atoms with van der Waals surface area (Å²) in [6, 6.07) is 11.4. The lowest BCUT2D eigenvalue weighted by Gasteiger charge is -2.37. The number of carbonyl (C=O) groups is 2. The fourth-order valence-electron chi connectivity index (χ4n) is 5.71. The largest absolute Gasteiger partial charge is 0.339 e. The van der Waals surface area contributed by atoms with E-state index in [0.717, 1.165) is 74.7 Å². The van der Waals surface area contributed by atoms with Crippen LogP contribution < -0.4 is 0 Å². The molecule has 2 saturated heterocycles. The van der Waals surface area contributed by atoms with Gasteiger partial charge in [-0.25, -0.2) is 4.39 Å². The van der Waals surface area contributed by atoms with Gasteiger partial charge < -0.3 is 9.80 Å². The van der Waals surface area contributed by atoms with Crippen molar-refractivity contribution in [3.63, 3.8) is 0 Å². The van der Waals surface area contributed by atoms with Crippen molar-refractivity contribution in [2.75, 3.05) is 32.7 Å². The van der Waals surface area contributed by atoms with Crippen LogP contribution in [0.1, 0.15) is 58.4 Å². The van der Waals surface area contributed by atoms with Crippen molar-refractivity contribution < 1.29 is 14.0 Å². The molecular formula is C27H30FN3O2. The van der Waals surface area contributed by atoms with Gasteiger partial charge in [0.25, 0.3) is 11.8 Å². The minimum Gasteiger partial charge on any atom is -0.339 e. The van der Waals surface area contributed by atoms with Crippen molar-refractivity contribution in [3.05, 3.63) is 58.9 Å². The Hall–Kier alpha value is -2.73. The first-order valence-electron chi connectivity index (χ1n) is 12.4. The van der Waals surface area contributed by atoms with Gasteiger partial charge in [0.1, 0.15) is 5.82 Å². The Bertz CT molecular complexity index is 1110. The highest BCUT2D eigenvalue weighted by Crippen LogP contribution is 2.33. The second kappa shape index (κ2) is 8.24. The van der Waals surface area contributed by atoms with Gasteiger partial charge in [-0.3, -0.25) is 14.5 Å². The molecule has 172 valence electrons. The minimum atomic E-state index is -0.396. The molecule has 33 heavy (non-hydrogen) atoms.